The summed E-state index contributed by atoms with van der Waals surface area (Å²) in [5.41, 5.74) is 9.21. The third-order valence-corrected chi connectivity index (χ3v) is 2.48. The van der Waals surface area contributed by atoms with Gasteiger partial charge in [-0.15, -0.1) is 0 Å². The highest BCUT2D eigenvalue weighted by molar-refractivity contribution is 5.83. The van der Waals surface area contributed by atoms with Crippen LogP contribution in [0.3, 0.4) is 0 Å². The van der Waals surface area contributed by atoms with Crippen LogP contribution in [0.2, 0.25) is 0 Å². The molecule has 3 rings (SSSR count). The highest BCUT2D eigenvalue weighted by atomic mass is 16.3. The molecule has 0 aliphatic heterocycles. The van der Waals surface area contributed by atoms with Gasteiger partial charge in [-0.3, -0.25) is 5.10 Å². The van der Waals surface area contributed by atoms with Crippen molar-refractivity contribution < 1.29 is 4.42 Å². The van der Waals surface area contributed by atoms with Crippen molar-refractivity contribution >= 4 is 16.9 Å². The SMILES string of the molecule is Cc1nc2ccc(-c3cn[nH]c3N)cc2o1. The monoisotopic (exact) mass is 214 g/mol. The molecule has 0 atom stereocenters. The Kier molecular flexibility index (Phi) is 1.73. The zero-order valence-electron chi connectivity index (χ0n) is 8.69. The molecule has 0 unspecified atom stereocenters. The summed E-state index contributed by atoms with van der Waals surface area (Å²) >= 11 is 0. The third kappa shape index (κ3) is 1.25. The predicted molar refractivity (Wildman–Crippen MR) is 60.7 cm³/mol. The average Bonchev–Trinajstić information content (AvgIpc) is 2.81. The topological polar surface area (TPSA) is 80.7 Å². The van der Waals surface area contributed by atoms with Crippen LogP contribution in [0.5, 0.6) is 0 Å². The Balaban J connectivity index is 2.22. The number of nitrogens with two attached hydrogens (primary N) is 1. The molecule has 1 aromatic carbocycles. The number of aryl methyl sites for hydroxylation is 1. The van der Waals surface area contributed by atoms with Crippen LogP contribution in [-0.4, -0.2) is 15.2 Å². The van der Waals surface area contributed by atoms with Crippen LogP contribution in [0.4, 0.5) is 5.82 Å². The van der Waals surface area contributed by atoms with E-state index in [2.05, 4.69) is 15.2 Å². The lowest BCUT2D eigenvalue weighted by Gasteiger charge is -1.97. The van der Waals surface area contributed by atoms with Gasteiger partial charge in [-0.25, -0.2) is 4.98 Å². The number of fused-ring (bicyclic) bond motifs is 1. The summed E-state index contributed by atoms with van der Waals surface area (Å²) in [5.74, 6) is 1.21. The minimum Gasteiger partial charge on any atom is -0.441 e. The van der Waals surface area contributed by atoms with E-state index in [-0.39, 0.29) is 0 Å². The van der Waals surface area contributed by atoms with E-state index in [0.717, 1.165) is 22.2 Å². The number of H-pyrrole nitrogens is 1. The molecule has 3 N–H and O–H groups in total. The molecule has 80 valence electrons. The van der Waals surface area contributed by atoms with Gasteiger partial charge in [0.1, 0.15) is 11.3 Å². The molecule has 5 nitrogen and oxygen atoms in total. The van der Waals surface area contributed by atoms with Crippen LogP contribution in [0.25, 0.3) is 22.2 Å². The van der Waals surface area contributed by atoms with Crippen molar-refractivity contribution in [2.24, 2.45) is 0 Å². The van der Waals surface area contributed by atoms with Gasteiger partial charge in [0.2, 0.25) is 0 Å². The smallest absolute Gasteiger partial charge is 0.192 e. The summed E-state index contributed by atoms with van der Waals surface area (Å²) in [4.78, 5) is 4.24. The van der Waals surface area contributed by atoms with Gasteiger partial charge in [0, 0.05) is 12.5 Å². The average molecular weight is 214 g/mol. The van der Waals surface area contributed by atoms with Gasteiger partial charge in [0.05, 0.1) is 6.20 Å². The summed E-state index contributed by atoms with van der Waals surface area (Å²) in [7, 11) is 0. The Morgan fingerprint density at radius 1 is 1.38 bits per heavy atom. The highest BCUT2D eigenvalue weighted by Crippen LogP contribution is 2.27. The highest BCUT2D eigenvalue weighted by Gasteiger charge is 2.08. The van der Waals surface area contributed by atoms with Crippen molar-refractivity contribution in [3.8, 4) is 11.1 Å². The van der Waals surface area contributed by atoms with Gasteiger partial charge in [-0.2, -0.15) is 5.10 Å². The zero-order valence-corrected chi connectivity index (χ0v) is 8.69. The van der Waals surface area contributed by atoms with Gasteiger partial charge in [0.25, 0.3) is 0 Å². The number of nitrogens with one attached hydrogen (secondary N) is 1. The third-order valence-electron chi connectivity index (χ3n) is 2.48. The summed E-state index contributed by atoms with van der Waals surface area (Å²) < 4.78 is 5.46. The second-order valence-electron chi connectivity index (χ2n) is 3.61. The molecular weight excluding hydrogens is 204 g/mol. The molecule has 2 aromatic heterocycles. The number of anilines is 1. The zero-order chi connectivity index (χ0) is 11.1. The second-order valence-corrected chi connectivity index (χ2v) is 3.61. The van der Waals surface area contributed by atoms with Crippen molar-refractivity contribution in [2.45, 2.75) is 6.92 Å². The lowest BCUT2D eigenvalue weighted by molar-refractivity contribution is 0.561. The Bertz CT molecular complexity index is 653. The molecule has 0 aliphatic rings. The number of hydrogen-bond acceptors (Lipinski definition) is 4. The van der Waals surface area contributed by atoms with Crippen LogP contribution in [0.1, 0.15) is 5.89 Å². The first-order valence-corrected chi connectivity index (χ1v) is 4.90. The maximum Gasteiger partial charge on any atom is 0.192 e. The predicted octanol–water partition coefficient (Wildman–Crippen LogP) is 2.11. The van der Waals surface area contributed by atoms with Crippen LogP contribution < -0.4 is 5.73 Å². The summed E-state index contributed by atoms with van der Waals surface area (Å²) in [5, 5.41) is 6.59. The van der Waals surface area contributed by atoms with Crippen LogP contribution in [0, 0.1) is 6.92 Å². The molecule has 0 spiro atoms. The first-order chi connectivity index (χ1) is 7.74. The number of aromatic nitrogens is 3. The standard InChI is InChI=1S/C11H10N4O/c1-6-14-9-3-2-7(4-10(9)16-6)8-5-13-15-11(8)12/h2-5H,1H3,(H3,12,13,15). The molecule has 5 heteroatoms. The molecular formula is C11H10N4O. The van der Waals surface area contributed by atoms with Crippen molar-refractivity contribution in [1.29, 1.82) is 0 Å². The minimum atomic E-state index is 0.551. The number of rotatable bonds is 1. The lowest BCUT2D eigenvalue weighted by atomic mass is 10.1. The number of benzene rings is 1. The van der Waals surface area contributed by atoms with E-state index in [1.54, 1.807) is 6.20 Å². The second kappa shape index (κ2) is 3.10. The number of nitrogen functional groups attached to an aromatic ring is 1. The Labute approximate surface area is 91.3 Å². The summed E-state index contributed by atoms with van der Waals surface area (Å²) in [6.07, 6.45) is 1.69. The molecule has 2 heterocycles. The Hall–Kier alpha value is -2.30. The van der Waals surface area contributed by atoms with Crippen molar-refractivity contribution in [1.82, 2.24) is 15.2 Å². The summed E-state index contributed by atoms with van der Waals surface area (Å²) in [6.45, 7) is 1.83. The Morgan fingerprint density at radius 3 is 3.00 bits per heavy atom. The number of hydrogen-bond donors (Lipinski definition) is 2. The fourth-order valence-corrected chi connectivity index (χ4v) is 1.73. The molecule has 0 bridgehead atoms. The first kappa shape index (κ1) is 8.96. The Morgan fingerprint density at radius 2 is 2.25 bits per heavy atom. The van der Waals surface area contributed by atoms with Crippen molar-refractivity contribution in [2.75, 3.05) is 5.73 Å². The number of nitrogens with zero attached hydrogens (tertiary/aromatic N) is 2. The van der Waals surface area contributed by atoms with E-state index in [0.29, 0.717) is 11.7 Å². The molecule has 0 radical (unpaired) electrons. The maximum atomic E-state index is 5.76. The van der Waals surface area contributed by atoms with Gasteiger partial charge in [0.15, 0.2) is 11.5 Å². The molecule has 16 heavy (non-hydrogen) atoms. The molecule has 0 fully saturated rings. The fraction of sp³-hybridized carbons (Fsp3) is 0.0909. The molecule has 0 amide bonds. The van der Waals surface area contributed by atoms with E-state index in [1.807, 2.05) is 25.1 Å². The molecule has 0 saturated carbocycles. The van der Waals surface area contributed by atoms with Crippen LogP contribution >= 0.6 is 0 Å². The maximum absolute atomic E-state index is 5.76. The van der Waals surface area contributed by atoms with Crippen LogP contribution in [0.15, 0.2) is 28.8 Å². The number of oxazole rings is 1. The van der Waals surface area contributed by atoms with Gasteiger partial charge >= 0.3 is 0 Å². The molecule has 0 aliphatic carbocycles. The van der Waals surface area contributed by atoms with E-state index in [1.165, 1.54) is 0 Å². The molecule has 3 aromatic rings. The normalized spacial score (nSPS) is 11.1. The quantitative estimate of drug-likeness (QED) is 0.650. The molecule has 0 saturated heterocycles. The lowest BCUT2D eigenvalue weighted by Crippen LogP contribution is -1.87. The first-order valence-electron chi connectivity index (χ1n) is 4.90. The van der Waals surface area contributed by atoms with E-state index in [9.17, 15) is 0 Å². The van der Waals surface area contributed by atoms with E-state index in [4.69, 9.17) is 10.2 Å². The van der Waals surface area contributed by atoms with E-state index >= 15 is 0 Å². The van der Waals surface area contributed by atoms with Crippen LogP contribution in [-0.2, 0) is 0 Å². The largest absolute Gasteiger partial charge is 0.441 e. The fourth-order valence-electron chi connectivity index (χ4n) is 1.73. The number of aromatic amines is 1. The van der Waals surface area contributed by atoms with Crippen molar-refractivity contribution in [3.63, 3.8) is 0 Å². The van der Waals surface area contributed by atoms with Gasteiger partial charge < -0.3 is 10.2 Å². The minimum absolute atomic E-state index is 0.551. The van der Waals surface area contributed by atoms with E-state index < -0.39 is 0 Å². The summed E-state index contributed by atoms with van der Waals surface area (Å²) in [6, 6.07) is 5.77. The van der Waals surface area contributed by atoms with Gasteiger partial charge in [-0.1, -0.05) is 6.07 Å². The van der Waals surface area contributed by atoms with Gasteiger partial charge in [-0.05, 0) is 17.7 Å². The van der Waals surface area contributed by atoms with Crippen molar-refractivity contribution in [3.05, 3.63) is 30.3 Å².